The molecule has 2 fully saturated rings. The molecule has 2 N–H and O–H groups in total. The molecule has 0 radical (unpaired) electrons. The summed E-state index contributed by atoms with van der Waals surface area (Å²) in [4.78, 5) is 15.8. The minimum Gasteiger partial charge on any atom is -0.507 e. The number of nitrogens with zero attached hydrogens (tertiary/aromatic N) is 1. The van der Waals surface area contributed by atoms with E-state index in [9.17, 15) is 9.90 Å². The largest absolute Gasteiger partial charge is 0.507 e. The number of fused-ring (bicyclic) bond motifs is 3. The zero-order chi connectivity index (χ0) is 21.4. The highest BCUT2D eigenvalue weighted by atomic mass is 16.5. The lowest BCUT2D eigenvalue weighted by molar-refractivity contribution is 0.0825. The van der Waals surface area contributed by atoms with Crippen molar-refractivity contribution in [3.8, 4) is 11.5 Å². The van der Waals surface area contributed by atoms with Crippen molar-refractivity contribution in [2.24, 2.45) is 0 Å². The summed E-state index contributed by atoms with van der Waals surface area (Å²) in [7, 11) is 1.57. The van der Waals surface area contributed by atoms with Crippen molar-refractivity contribution in [3.63, 3.8) is 0 Å². The maximum atomic E-state index is 13.2. The first-order chi connectivity index (χ1) is 15.1. The lowest BCUT2D eigenvalue weighted by Gasteiger charge is -2.39. The Kier molecular flexibility index (Phi) is 5.28. The van der Waals surface area contributed by atoms with E-state index in [0.29, 0.717) is 28.8 Å². The number of aromatic hydroxyl groups is 1. The molecular formula is C26H28N2O3. The van der Waals surface area contributed by atoms with Crippen LogP contribution in [0, 0.1) is 0 Å². The number of rotatable bonds is 5. The number of phenolic OH excluding ortho intramolecular Hbond substituents is 1. The van der Waals surface area contributed by atoms with Crippen molar-refractivity contribution in [1.29, 1.82) is 0 Å². The monoisotopic (exact) mass is 416 g/mol. The Balaban J connectivity index is 1.32. The summed E-state index contributed by atoms with van der Waals surface area (Å²) in [6.07, 6.45) is 4.28. The van der Waals surface area contributed by atoms with Gasteiger partial charge in [-0.3, -0.25) is 9.69 Å². The van der Waals surface area contributed by atoms with Crippen LogP contribution in [-0.2, 0) is 6.54 Å². The molecule has 0 aromatic heterocycles. The van der Waals surface area contributed by atoms with Gasteiger partial charge in [-0.2, -0.15) is 0 Å². The molecule has 2 aliphatic heterocycles. The van der Waals surface area contributed by atoms with Crippen LogP contribution in [0.25, 0.3) is 10.8 Å². The molecule has 2 atom stereocenters. The number of phenols is 1. The molecule has 2 saturated heterocycles. The van der Waals surface area contributed by atoms with E-state index >= 15 is 0 Å². The second-order valence-corrected chi connectivity index (χ2v) is 8.71. The molecule has 0 spiro atoms. The van der Waals surface area contributed by atoms with Crippen molar-refractivity contribution in [3.05, 3.63) is 71.8 Å². The molecule has 5 heteroatoms. The first-order valence-corrected chi connectivity index (χ1v) is 11.0. The normalized spacial score (nSPS) is 23.1. The minimum atomic E-state index is -0.182. The third-order valence-corrected chi connectivity index (χ3v) is 6.85. The van der Waals surface area contributed by atoms with Crippen molar-refractivity contribution in [1.82, 2.24) is 10.2 Å². The van der Waals surface area contributed by atoms with Crippen molar-refractivity contribution in [2.75, 3.05) is 7.11 Å². The molecule has 2 unspecified atom stereocenters. The predicted molar refractivity (Wildman–Crippen MR) is 121 cm³/mol. The van der Waals surface area contributed by atoms with Gasteiger partial charge in [0, 0.05) is 35.4 Å². The lowest BCUT2D eigenvalue weighted by atomic mass is 9.95. The number of methoxy groups -OCH3 is 1. The standard InChI is InChI=1S/C26H28N2O3/c1-31-25-22-10-6-5-9-21(22)24(29)15-23(25)26(30)27-18-13-19-11-12-20(14-18)28(19)16-17-7-3-2-4-8-17/h2-10,15,18-20,29H,11-14,16H2,1H3,(H,27,30). The third kappa shape index (κ3) is 3.74. The number of hydrogen-bond donors (Lipinski definition) is 2. The number of benzene rings is 3. The highest BCUT2D eigenvalue weighted by Crippen LogP contribution is 2.38. The van der Waals surface area contributed by atoms with Crippen LogP contribution < -0.4 is 10.1 Å². The van der Waals surface area contributed by atoms with Gasteiger partial charge in [-0.1, -0.05) is 54.6 Å². The molecular weight excluding hydrogens is 388 g/mol. The van der Waals surface area contributed by atoms with Gasteiger partial charge in [0.05, 0.1) is 12.7 Å². The molecule has 1 amide bonds. The molecule has 5 nitrogen and oxygen atoms in total. The summed E-state index contributed by atoms with van der Waals surface area (Å²) in [5.74, 6) is 0.425. The number of amides is 1. The van der Waals surface area contributed by atoms with Gasteiger partial charge in [-0.25, -0.2) is 0 Å². The fourth-order valence-electron chi connectivity index (χ4n) is 5.43. The third-order valence-electron chi connectivity index (χ3n) is 6.85. The van der Waals surface area contributed by atoms with Crippen LogP contribution in [0.1, 0.15) is 41.6 Å². The van der Waals surface area contributed by atoms with E-state index in [2.05, 4.69) is 40.5 Å². The Labute approximate surface area is 182 Å². The van der Waals surface area contributed by atoms with E-state index < -0.39 is 0 Å². The second-order valence-electron chi connectivity index (χ2n) is 8.71. The number of piperidine rings is 1. The first kappa shape index (κ1) is 19.9. The van der Waals surface area contributed by atoms with Crippen LogP contribution in [0.5, 0.6) is 11.5 Å². The number of hydrogen-bond acceptors (Lipinski definition) is 4. The van der Waals surface area contributed by atoms with Crippen LogP contribution >= 0.6 is 0 Å². The molecule has 5 rings (SSSR count). The highest BCUT2D eigenvalue weighted by molar-refractivity contribution is 6.06. The molecule has 31 heavy (non-hydrogen) atoms. The maximum absolute atomic E-state index is 13.2. The average Bonchev–Trinajstić information content (AvgIpc) is 3.02. The Bertz CT molecular complexity index is 1080. The van der Waals surface area contributed by atoms with Crippen LogP contribution in [0.15, 0.2) is 60.7 Å². The number of ether oxygens (including phenoxy) is 1. The number of nitrogens with one attached hydrogen (secondary N) is 1. The molecule has 2 heterocycles. The van der Waals surface area contributed by atoms with E-state index in [-0.39, 0.29) is 17.7 Å². The van der Waals surface area contributed by atoms with Gasteiger partial charge in [0.2, 0.25) is 0 Å². The minimum absolute atomic E-state index is 0.0966. The first-order valence-electron chi connectivity index (χ1n) is 11.0. The highest BCUT2D eigenvalue weighted by Gasteiger charge is 2.41. The van der Waals surface area contributed by atoms with Crippen molar-refractivity contribution < 1.29 is 14.6 Å². The van der Waals surface area contributed by atoms with Gasteiger partial charge in [0.25, 0.3) is 5.91 Å². The summed E-state index contributed by atoms with van der Waals surface area (Å²) in [6.45, 7) is 0.975. The molecule has 160 valence electrons. The molecule has 3 aromatic rings. The SMILES string of the molecule is COc1c(C(=O)NC2CC3CCC(C2)N3Cc2ccccc2)cc(O)c2ccccc12. The van der Waals surface area contributed by atoms with Crippen molar-refractivity contribution in [2.45, 2.75) is 50.4 Å². The summed E-state index contributed by atoms with van der Waals surface area (Å²) < 4.78 is 5.58. The molecule has 0 saturated carbocycles. The lowest BCUT2D eigenvalue weighted by Crippen LogP contribution is -2.50. The number of carbonyl (C=O) groups is 1. The average molecular weight is 417 g/mol. The van der Waals surface area contributed by atoms with Crippen LogP contribution in [0.3, 0.4) is 0 Å². The van der Waals surface area contributed by atoms with E-state index in [1.807, 2.05) is 24.3 Å². The van der Waals surface area contributed by atoms with Gasteiger partial charge in [0.15, 0.2) is 0 Å². The Morgan fingerprint density at radius 1 is 1.03 bits per heavy atom. The van der Waals surface area contributed by atoms with Crippen LogP contribution in [-0.4, -0.2) is 41.1 Å². The quantitative estimate of drug-likeness (QED) is 0.644. The fraction of sp³-hybridized carbons (Fsp3) is 0.346. The van der Waals surface area contributed by atoms with Gasteiger partial charge in [-0.05, 0) is 37.3 Å². The Morgan fingerprint density at radius 3 is 2.35 bits per heavy atom. The molecule has 2 bridgehead atoms. The van der Waals surface area contributed by atoms with Gasteiger partial charge < -0.3 is 15.2 Å². The van der Waals surface area contributed by atoms with Gasteiger partial charge in [0.1, 0.15) is 11.5 Å². The Morgan fingerprint density at radius 2 is 1.68 bits per heavy atom. The summed E-state index contributed by atoms with van der Waals surface area (Å²) in [5.41, 5.74) is 1.73. The smallest absolute Gasteiger partial charge is 0.255 e. The van der Waals surface area contributed by atoms with Crippen molar-refractivity contribution >= 4 is 16.7 Å². The zero-order valence-corrected chi connectivity index (χ0v) is 17.8. The zero-order valence-electron chi connectivity index (χ0n) is 17.8. The summed E-state index contributed by atoms with van der Waals surface area (Å²) in [5, 5.41) is 15.1. The van der Waals surface area contributed by atoms with Gasteiger partial charge >= 0.3 is 0 Å². The van der Waals surface area contributed by atoms with Crippen LogP contribution in [0.4, 0.5) is 0 Å². The fourth-order valence-corrected chi connectivity index (χ4v) is 5.43. The topological polar surface area (TPSA) is 61.8 Å². The Hall–Kier alpha value is -3.05. The van der Waals surface area contributed by atoms with E-state index in [4.69, 9.17) is 4.74 Å². The molecule has 2 aliphatic rings. The van der Waals surface area contributed by atoms with Gasteiger partial charge in [-0.15, -0.1) is 0 Å². The van der Waals surface area contributed by atoms with E-state index in [0.717, 1.165) is 24.8 Å². The summed E-state index contributed by atoms with van der Waals surface area (Å²) >= 11 is 0. The second kappa shape index (κ2) is 8.23. The predicted octanol–water partition coefficient (Wildman–Crippen LogP) is 4.48. The molecule has 3 aromatic carbocycles. The maximum Gasteiger partial charge on any atom is 0.255 e. The van der Waals surface area contributed by atoms with E-state index in [1.54, 1.807) is 7.11 Å². The van der Waals surface area contributed by atoms with E-state index in [1.165, 1.54) is 24.5 Å². The molecule has 0 aliphatic carbocycles. The number of carbonyl (C=O) groups excluding carboxylic acids is 1. The summed E-state index contributed by atoms with van der Waals surface area (Å²) in [6, 6.07) is 20.7. The van der Waals surface area contributed by atoms with Crippen LogP contribution in [0.2, 0.25) is 0 Å².